The normalized spacial score (nSPS) is 16.9. The van der Waals surface area contributed by atoms with E-state index in [0.29, 0.717) is 37.0 Å². The van der Waals surface area contributed by atoms with Crippen molar-refractivity contribution in [1.82, 2.24) is 9.30 Å². The summed E-state index contributed by atoms with van der Waals surface area (Å²) < 4.78 is 7.77. The summed E-state index contributed by atoms with van der Waals surface area (Å²) >= 11 is 0. The summed E-state index contributed by atoms with van der Waals surface area (Å²) in [5, 5.41) is 0.433. The third kappa shape index (κ3) is 2.76. The van der Waals surface area contributed by atoms with Crippen LogP contribution in [0.15, 0.2) is 33.9 Å². The van der Waals surface area contributed by atoms with Gasteiger partial charge < -0.3 is 9.57 Å². The molecule has 0 aliphatic carbocycles. The van der Waals surface area contributed by atoms with Crippen LogP contribution in [-0.2, 0) is 4.74 Å². The highest BCUT2D eigenvalue weighted by Gasteiger charge is 2.23. The van der Waals surface area contributed by atoms with E-state index in [1.807, 2.05) is 6.07 Å². The third-order valence-corrected chi connectivity index (χ3v) is 4.01. The molecule has 1 saturated heterocycles. The van der Waals surface area contributed by atoms with Crippen LogP contribution in [0.3, 0.4) is 0 Å². The van der Waals surface area contributed by atoms with Crippen molar-refractivity contribution in [3.63, 3.8) is 0 Å². The highest BCUT2D eigenvalue weighted by atomic mass is 16.7. The zero-order valence-electron chi connectivity index (χ0n) is 12.9. The fraction of sp³-hybridized carbons (Fsp3) is 0.412. The number of hydrogen-bond acceptors (Lipinski definition) is 4. The van der Waals surface area contributed by atoms with Gasteiger partial charge in [-0.15, -0.1) is 6.42 Å². The third-order valence-electron chi connectivity index (χ3n) is 4.01. The smallest absolute Gasteiger partial charge is 0.365 e. The molecule has 1 aliphatic heterocycles. The molecule has 0 N–H and O–H groups in total. The lowest BCUT2D eigenvalue weighted by Gasteiger charge is -2.26. The van der Waals surface area contributed by atoms with Gasteiger partial charge in [-0.25, -0.2) is 4.79 Å². The minimum absolute atomic E-state index is 0.0299. The summed E-state index contributed by atoms with van der Waals surface area (Å²) in [6.07, 6.45) is 6.05. The summed E-state index contributed by atoms with van der Waals surface area (Å²) in [5.41, 5.74) is -0.374. The summed E-state index contributed by atoms with van der Waals surface area (Å²) in [5.74, 6) is 2.36. The second-order valence-corrected chi connectivity index (χ2v) is 5.53. The van der Waals surface area contributed by atoms with Gasteiger partial charge in [-0.05, 0) is 31.9 Å². The average Bonchev–Trinajstić information content (AvgIpc) is 2.59. The number of hydrogen-bond donors (Lipinski definition) is 0. The van der Waals surface area contributed by atoms with E-state index < -0.39 is 17.4 Å². The van der Waals surface area contributed by atoms with Crippen LogP contribution in [0.1, 0.15) is 25.8 Å². The lowest BCUT2D eigenvalue weighted by atomic mass is 10.1. The van der Waals surface area contributed by atoms with Gasteiger partial charge >= 0.3 is 5.69 Å². The van der Waals surface area contributed by atoms with Crippen molar-refractivity contribution < 1.29 is 9.57 Å². The van der Waals surface area contributed by atoms with Gasteiger partial charge in [0.05, 0.1) is 10.9 Å². The zero-order valence-corrected chi connectivity index (χ0v) is 12.9. The summed E-state index contributed by atoms with van der Waals surface area (Å²) in [7, 11) is 0. The molecule has 0 amide bonds. The van der Waals surface area contributed by atoms with Crippen LogP contribution in [-0.4, -0.2) is 28.6 Å². The molecule has 23 heavy (non-hydrogen) atoms. The molecule has 1 aromatic carbocycles. The number of aromatic nitrogens is 2. The standard InChI is InChI=1S/C17H18N2O4/c1-3-12(2)23-19-16(20)14-6-4-5-7-15(14)18(17(19)21)13-8-10-22-11-9-13/h1,4-7,12-13H,8-11H2,2H3. The summed E-state index contributed by atoms with van der Waals surface area (Å²) in [6.45, 7) is 2.79. The Kier molecular flexibility index (Phi) is 4.22. The van der Waals surface area contributed by atoms with Gasteiger partial charge in [0, 0.05) is 19.3 Å². The number of nitrogens with zero attached hydrogens (tertiary/aromatic N) is 2. The first-order valence-corrected chi connectivity index (χ1v) is 7.61. The van der Waals surface area contributed by atoms with E-state index >= 15 is 0 Å². The fourth-order valence-corrected chi connectivity index (χ4v) is 2.84. The molecule has 1 unspecified atom stereocenters. The Bertz CT molecular complexity index is 869. The van der Waals surface area contributed by atoms with E-state index in [4.69, 9.17) is 16.0 Å². The fourth-order valence-electron chi connectivity index (χ4n) is 2.84. The van der Waals surface area contributed by atoms with Crippen LogP contribution in [0.5, 0.6) is 0 Å². The van der Waals surface area contributed by atoms with E-state index in [0.717, 1.165) is 4.73 Å². The Hall–Kier alpha value is -2.52. The van der Waals surface area contributed by atoms with Crippen molar-refractivity contribution >= 4 is 10.9 Å². The van der Waals surface area contributed by atoms with Crippen LogP contribution < -0.4 is 16.1 Å². The Labute approximate surface area is 133 Å². The van der Waals surface area contributed by atoms with Crippen LogP contribution in [0, 0.1) is 12.3 Å². The molecule has 2 heterocycles. The number of terminal acetylenes is 1. The number of para-hydroxylation sites is 1. The highest BCUT2D eigenvalue weighted by molar-refractivity contribution is 5.77. The Morgan fingerprint density at radius 3 is 2.70 bits per heavy atom. The highest BCUT2D eigenvalue weighted by Crippen LogP contribution is 2.22. The van der Waals surface area contributed by atoms with Crippen molar-refractivity contribution in [2.24, 2.45) is 0 Å². The molecule has 120 valence electrons. The SMILES string of the molecule is C#CC(C)On1c(=O)c2ccccc2n(C2CCOCC2)c1=O. The lowest BCUT2D eigenvalue weighted by Crippen LogP contribution is -2.47. The number of benzene rings is 1. The molecule has 0 spiro atoms. The van der Waals surface area contributed by atoms with Crippen molar-refractivity contribution in [2.75, 3.05) is 13.2 Å². The molecule has 2 aromatic rings. The Balaban J connectivity index is 2.26. The van der Waals surface area contributed by atoms with Gasteiger partial charge in [0.25, 0.3) is 5.56 Å². The molecule has 1 fully saturated rings. The monoisotopic (exact) mass is 314 g/mol. The zero-order chi connectivity index (χ0) is 16.4. The van der Waals surface area contributed by atoms with Crippen LogP contribution in [0.25, 0.3) is 10.9 Å². The summed E-state index contributed by atoms with van der Waals surface area (Å²) in [6, 6.07) is 7.01. The van der Waals surface area contributed by atoms with E-state index in [1.54, 1.807) is 29.7 Å². The van der Waals surface area contributed by atoms with Crippen molar-refractivity contribution in [3.05, 3.63) is 45.1 Å². The molecule has 0 bridgehead atoms. The number of fused-ring (bicyclic) bond motifs is 1. The maximum atomic E-state index is 12.8. The molecule has 3 rings (SSSR count). The van der Waals surface area contributed by atoms with Crippen LogP contribution >= 0.6 is 0 Å². The second-order valence-electron chi connectivity index (χ2n) is 5.53. The number of rotatable bonds is 3. The molecule has 1 atom stereocenters. The van der Waals surface area contributed by atoms with Crippen molar-refractivity contribution in [3.8, 4) is 12.3 Å². The van der Waals surface area contributed by atoms with Gasteiger partial charge in [-0.1, -0.05) is 22.8 Å². The van der Waals surface area contributed by atoms with Gasteiger partial charge in [0.2, 0.25) is 0 Å². The van der Waals surface area contributed by atoms with E-state index in [1.165, 1.54) is 0 Å². The topological polar surface area (TPSA) is 62.5 Å². The van der Waals surface area contributed by atoms with E-state index in [9.17, 15) is 9.59 Å². The minimum atomic E-state index is -0.676. The number of ether oxygens (including phenoxy) is 1. The lowest BCUT2D eigenvalue weighted by molar-refractivity contribution is 0.0497. The predicted molar refractivity (Wildman–Crippen MR) is 86.4 cm³/mol. The second kappa shape index (κ2) is 6.31. The molecule has 6 heteroatoms. The van der Waals surface area contributed by atoms with E-state index in [-0.39, 0.29) is 6.04 Å². The molecule has 1 aromatic heterocycles. The largest absolute Gasteiger partial charge is 0.390 e. The van der Waals surface area contributed by atoms with Crippen LogP contribution in [0.2, 0.25) is 0 Å². The first kappa shape index (κ1) is 15.4. The molecule has 6 nitrogen and oxygen atoms in total. The minimum Gasteiger partial charge on any atom is -0.390 e. The quantitative estimate of drug-likeness (QED) is 0.792. The predicted octanol–water partition coefficient (Wildman–Crippen LogP) is 0.965. The molecule has 1 aliphatic rings. The first-order chi connectivity index (χ1) is 11.1. The Morgan fingerprint density at radius 1 is 1.30 bits per heavy atom. The van der Waals surface area contributed by atoms with Gasteiger partial charge in [0.15, 0.2) is 6.10 Å². The first-order valence-electron chi connectivity index (χ1n) is 7.61. The molecular weight excluding hydrogens is 296 g/mol. The van der Waals surface area contributed by atoms with Crippen molar-refractivity contribution in [1.29, 1.82) is 0 Å². The van der Waals surface area contributed by atoms with E-state index in [2.05, 4.69) is 5.92 Å². The maximum Gasteiger partial charge on any atom is 0.365 e. The van der Waals surface area contributed by atoms with Gasteiger partial charge in [-0.2, -0.15) is 0 Å². The molecular formula is C17H18N2O4. The molecule has 0 radical (unpaired) electrons. The van der Waals surface area contributed by atoms with Crippen LogP contribution in [0.4, 0.5) is 0 Å². The van der Waals surface area contributed by atoms with Gasteiger partial charge in [0.1, 0.15) is 0 Å². The average molecular weight is 314 g/mol. The maximum absolute atomic E-state index is 12.8. The van der Waals surface area contributed by atoms with Gasteiger partial charge in [-0.3, -0.25) is 9.36 Å². The van der Waals surface area contributed by atoms with Crippen molar-refractivity contribution in [2.45, 2.75) is 31.9 Å². The Morgan fingerprint density at radius 2 is 2.00 bits per heavy atom. The molecule has 0 saturated carbocycles. The summed E-state index contributed by atoms with van der Waals surface area (Å²) in [4.78, 5) is 30.8.